The zero-order chi connectivity index (χ0) is 15.1. The standard InChI is InChI=1S/C18H29N3/c1-4-11-19-12-10-15(3)14-18-20-16-8-6-7-9-17(16)21(18)13-5-2/h6-9,15,19H,4-5,10-14H2,1-3H3. The summed E-state index contributed by atoms with van der Waals surface area (Å²) in [4.78, 5) is 4.86. The fourth-order valence-electron chi connectivity index (χ4n) is 2.82. The first-order valence-corrected chi connectivity index (χ1v) is 8.41. The molecule has 0 radical (unpaired) electrons. The van der Waals surface area contributed by atoms with Gasteiger partial charge in [-0.1, -0.05) is 32.9 Å². The first-order valence-electron chi connectivity index (χ1n) is 8.41. The molecule has 1 aromatic carbocycles. The van der Waals surface area contributed by atoms with Crippen LogP contribution in [0.3, 0.4) is 0 Å². The van der Waals surface area contributed by atoms with E-state index in [0.717, 1.165) is 38.0 Å². The average Bonchev–Trinajstić information content (AvgIpc) is 2.82. The second-order valence-electron chi connectivity index (χ2n) is 6.02. The van der Waals surface area contributed by atoms with Gasteiger partial charge in [-0.3, -0.25) is 0 Å². The van der Waals surface area contributed by atoms with E-state index in [1.165, 1.54) is 24.2 Å². The third-order valence-corrected chi connectivity index (χ3v) is 3.95. The molecule has 0 aliphatic rings. The highest BCUT2D eigenvalue weighted by Gasteiger charge is 2.12. The Morgan fingerprint density at radius 3 is 2.71 bits per heavy atom. The zero-order valence-electron chi connectivity index (χ0n) is 13.7. The molecule has 2 aromatic rings. The molecule has 0 amide bonds. The molecule has 0 bridgehead atoms. The van der Waals surface area contributed by atoms with Gasteiger partial charge in [0.1, 0.15) is 5.82 Å². The van der Waals surface area contributed by atoms with Gasteiger partial charge in [0.05, 0.1) is 11.0 Å². The molecule has 3 nitrogen and oxygen atoms in total. The molecule has 0 saturated carbocycles. The van der Waals surface area contributed by atoms with Gasteiger partial charge in [-0.2, -0.15) is 0 Å². The first kappa shape index (κ1) is 16.0. The van der Waals surface area contributed by atoms with Gasteiger partial charge in [0.2, 0.25) is 0 Å². The number of hydrogen-bond acceptors (Lipinski definition) is 2. The van der Waals surface area contributed by atoms with Crippen LogP contribution in [-0.4, -0.2) is 22.6 Å². The summed E-state index contributed by atoms with van der Waals surface area (Å²) in [5.74, 6) is 1.92. The number of nitrogens with one attached hydrogen (secondary N) is 1. The first-order chi connectivity index (χ1) is 10.3. The molecule has 1 unspecified atom stereocenters. The minimum absolute atomic E-state index is 0.668. The summed E-state index contributed by atoms with van der Waals surface area (Å²) >= 11 is 0. The maximum atomic E-state index is 4.86. The SMILES string of the molecule is CCCNCCC(C)Cc1nc2ccccc2n1CCC. The smallest absolute Gasteiger partial charge is 0.110 e. The lowest BCUT2D eigenvalue weighted by Crippen LogP contribution is -2.19. The van der Waals surface area contributed by atoms with E-state index in [-0.39, 0.29) is 0 Å². The number of rotatable bonds is 9. The molecule has 1 aromatic heterocycles. The van der Waals surface area contributed by atoms with Crippen LogP contribution in [0.2, 0.25) is 0 Å². The number of imidazole rings is 1. The largest absolute Gasteiger partial charge is 0.328 e. The summed E-state index contributed by atoms with van der Waals surface area (Å²) in [6.07, 6.45) is 4.65. The third kappa shape index (κ3) is 4.31. The average molecular weight is 287 g/mol. The van der Waals surface area contributed by atoms with Gasteiger partial charge in [-0.05, 0) is 50.4 Å². The molecular formula is C18H29N3. The predicted molar refractivity (Wildman–Crippen MR) is 90.7 cm³/mol. The van der Waals surface area contributed by atoms with Crippen molar-refractivity contribution in [1.82, 2.24) is 14.9 Å². The van der Waals surface area contributed by atoms with Crippen molar-refractivity contribution in [3.05, 3.63) is 30.1 Å². The van der Waals surface area contributed by atoms with Gasteiger partial charge in [-0.25, -0.2) is 4.98 Å². The number of aromatic nitrogens is 2. The van der Waals surface area contributed by atoms with Crippen LogP contribution in [0, 0.1) is 5.92 Å². The highest BCUT2D eigenvalue weighted by molar-refractivity contribution is 5.75. The molecule has 0 spiro atoms. The zero-order valence-corrected chi connectivity index (χ0v) is 13.7. The van der Waals surface area contributed by atoms with Crippen molar-refractivity contribution in [1.29, 1.82) is 0 Å². The van der Waals surface area contributed by atoms with E-state index >= 15 is 0 Å². The lowest BCUT2D eigenvalue weighted by atomic mass is 10.0. The molecule has 0 aliphatic carbocycles. The Morgan fingerprint density at radius 2 is 1.95 bits per heavy atom. The van der Waals surface area contributed by atoms with Crippen LogP contribution < -0.4 is 5.32 Å². The Labute approximate surface area is 128 Å². The minimum Gasteiger partial charge on any atom is -0.328 e. The number of para-hydroxylation sites is 2. The van der Waals surface area contributed by atoms with E-state index in [1.54, 1.807) is 0 Å². The lowest BCUT2D eigenvalue weighted by Gasteiger charge is -2.13. The second-order valence-corrected chi connectivity index (χ2v) is 6.02. The highest BCUT2D eigenvalue weighted by atomic mass is 15.1. The van der Waals surface area contributed by atoms with Crippen LogP contribution in [-0.2, 0) is 13.0 Å². The van der Waals surface area contributed by atoms with Crippen LogP contribution in [0.1, 0.15) is 45.9 Å². The predicted octanol–water partition coefficient (Wildman–Crippen LogP) is 4.01. The summed E-state index contributed by atoms with van der Waals surface area (Å²) in [5.41, 5.74) is 2.42. The van der Waals surface area contributed by atoms with E-state index in [9.17, 15) is 0 Å². The number of aryl methyl sites for hydroxylation is 1. The Balaban J connectivity index is 2.04. The van der Waals surface area contributed by atoms with Gasteiger partial charge in [-0.15, -0.1) is 0 Å². The molecule has 0 aliphatic heterocycles. The monoisotopic (exact) mass is 287 g/mol. The normalized spacial score (nSPS) is 12.9. The Bertz CT molecular complexity index is 544. The van der Waals surface area contributed by atoms with Crippen molar-refractivity contribution in [3.8, 4) is 0 Å². The number of nitrogens with zero attached hydrogens (tertiary/aromatic N) is 2. The molecule has 1 heterocycles. The molecule has 1 N–H and O–H groups in total. The topological polar surface area (TPSA) is 29.9 Å². The quantitative estimate of drug-likeness (QED) is 0.706. The molecule has 1 atom stereocenters. The Hall–Kier alpha value is -1.35. The third-order valence-electron chi connectivity index (χ3n) is 3.95. The minimum atomic E-state index is 0.668. The number of benzene rings is 1. The van der Waals surface area contributed by atoms with Crippen molar-refractivity contribution in [2.24, 2.45) is 5.92 Å². The van der Waals surface area contributed by atoms with E-state index in [1.807, 2.05) is 0 Å². The van der Waals surface area contributed by atoms with Crippen molar-refractivity contribution < 1.29 is 0 Å². The Morgan fingerprint density at radius 1 is 1.14 bits per heavy atom. The van der Waals surface area contributed by atoms with E-state index < -0.39 is 0 Å². The highest BCUT2D eigenvalue weighted by Crippen LogP contribution is 2.19. The van der Waals surface area contributed by atoms with Crippen LogP contribution in [0.15, 0.2) is 24.3 Å². The number of fused-ring (bicyclic) bond motifs is 1. The summed E-state index contributed by atoms with van der Waals surface area (Å²) in [6, 6.07) is 8.50. The molecule has 0 saturated heterocycles. The summed E-state index contributed by atoms with van der Waals surface area (Å²) in [5, 5.41) is 3.49. The summed E-state index contributed by atoms with van der Waals surface area (Å²) in [6.45, 7) is 10.1. The van der Waals surface area contributed by atoms with Gasteiger partial charge in [0.25, 0.3) is 0 Å². The molecule has 21 heavy (non-hydrogen) atoms. The number of hydrogen-bond donors (Lipinski definition) is 1. The Kier molecular flexibility index (Phi) is 6.24. The molecule has 0 fully saturated rings. The summed E-state index contributed by atoms with van der Waals surface area (Å²) < 4.78 is 2.41. The van der Waals surface area contributed by atoms with Crippen LogP contribution >= 0.6 is 0 Å². The summed E-state index contributed by atoms with van der Waals surface area (Å²) in [7, 11) is 0. The molecule has 116 valence electrons. The van der Waals surface area contributed by atoms with E-state index in [0.29, 0.717) is 5.92 Å². The van der Waals surface area contributed by atoms with Crippen LogP contribution in [0.25, 0.3) is 11.0 Å². The second kappa shape index (κ2) is 8.18. The maximum absolute atomic E-state index is 4.86. The van der Waals surface area contributed by atoms with Gasteiger partial charge in [0, 0.05) is 13.0 Å². The maximum Gasteiger partial charge on any atom is 0.110 e. The van der Waals surface area contributed by atoms with Crippen molar-refractivity contribution in [2.45, 2.75) is 53.0 Å². The van der Waals surface area contributed by atoms with Gasteiger partial charge in [0.15, 0.2) is 0 Å². The molecular weight excluding hydrogens is 258 g/mol. The fraction of sp³-hybridized carbons (Fsp3) is 0.611. The lowest BCUT2D eigenvalue weighted by molar-refractivity contribution is 0.478. The van der Waals surface area contributed by atoms with Gasteiger partial charge < -0.3 is 9.88 Å². The molecule has 2 rings (SSSR count). The van der Waals surface area contributed by atoms with Crippen molar-refractivity contribution >= 4 is 11.0 Å². The molecule has 3 heteroatoms. The van der Waals surface area contributed by atoms with Gasteiger partial charge >= 0.3 is 0 Å². The van der Waals surface area contributed by atoms with Crippen molar-refractivity contribution in [3.63, 3.8) is 0 Å². The van der Waals surface area contributed by atoms with Crippen LogP contribution in [0.5, 0.6) is 0 Å². The van der Waals surface area contributed by atoms with Crippen LogP contribution in [0.4, 0.5) is 0 Å². The van der Waals surface area contributed by atoms with E-state index in [2.05, 4.69) is 54.9 Å². The fourth-order valence-corrected chi connectivity index (χ4v) is 2.82. The van der Waals surface area contributed by atoms with E-state index in [4.69, 9.17) is 4.98 Å². The van der Waals surface area contributed by atoms with Crippen molar-refractivity contribution in [2.75, 3.05) is 13.1 Å².